The van der Waals surface area contributed by atoms with Gasteiger partial charge in [0.1, 0.15) is 0 Å². The number of rotatable bonds is 3. The molecule has 1 aliphatic heterocycles. The summed E-state index contributed by atoms with van der Waals surface area (Å²) in [4.78, 5) is 16.8. The fourth-order valence-electron chi connectivity index (χ4n) is 2.85. The number of nitrogens with zero attached hydrogens (tertiary/aromatic N) is 2. The molecule has 2 rings (SSSR count). The molecule has 1 aliphatic rings. The van der Waals surface area contributed by atoms with Crippen molar-refractivity contribution in [1.29, 1.82) is 0 Å². The molecule has 0 spiro atoms. The Morgan fingerprint density at radius 1 is 1.32 bits per heavy atom. The summed E-state index contributed by atoms with van der Waals surface area (Å²) in [6, 6.07) is 8.14. The summed E-state index contributed by atoms with van der Waals surface area (Å²) in [6.07, 6.45) is 0. The summed E-state index contributed by atoms with van der Waals surface area (Å²) in [7, 11) is 6.01. The number of likely N-dealkylation sites (N-methyl/N-ethyl adjacent to an activating group) is 1. The Balaban J connectivity index is 2.17. The van der Waals surface area contributed by atoms with Gasteiger partial charge in [-0.15, -0.1) is 0 Å². The van der Waals surface area contributed by atoms with E-state index in [0.717, 1.165) is 24.3 Å². The van der Waals surface area contributed by atoms with E-state index in [1.807, 2.05) is 36.2 Å². The van der Waals surface area contributed by atoms with E-state index < -0.39 is 0 Å². The van der Waals surface area contributed by atoms with Gasteiger partial charge in [-0.1, -0.05) is 19.1 Å². The van der Waals surface area contributed by atoms with Crippen LogP contribution in [0.25, 0.3) is 0 Å². The molecule has 1 saturated heterocycles. The fourth-order valence-corrected chi connectivity index (χ4v) is 2.85. The van der Waals surface area contributed by atoms with Crippen molar-refractivity contribution in [2.45, 2.75) is 13.0 Å². The molecule has 1 aromatic carbocycles. The van der Waals surface area contributed by atoms with Crippen molar-refractivity contribution >= 4 is 11.6 Å². The maximum absolute atomic E-state index is 12.6. The van der Waals surface area contributed by atoms with Crippen LogP contribution in [0.5, 0.6) is 0 Å². The molecule has 4 nitrogen and oxygen atoms in total. The first kappa shape index (κ1) is 13.9. The Morgan fingerprint density at radius 2 is 2.00 bits per heavy atom. The Labute approximate surface area is 115 Å². The quantitative estimate of drug-likeness (QED) is 0.900. The predicted octanol–water partition coefficient (Wildman–Crippen LogP) is 1.75. The van der Waals surface area contributed by atoms with Crippen LogP contribution in [0.4, 0.5) is 5.69 Å². The van der Waals surface area contributed by atoms with Crippen LogP contribution in [0, 0.1) is 5.92 Å². The van der Waals surface area contributed by atoms with Gasteiger partial charge in [0, 0.05) is 31.9 Å². The number of hydrogen-bond donors (Lipinski definition) is 1. The maximum atomic E-state index is 12.6. The molecule has 1 aromatic rings. The predicted molar refractivity (Wildman–Crippen MR) is 78.5 cm³/mol. The minimum Gasteiger partial charge on any atom is -0.387 e. The lowest BCUT2D eigenvalue weighted by Crippen LogP contribution is -2.35. The second kappa shape index (κ2) is 5.61. The molecular weight excluding hydrogens is 238 g/mol. The van der Waals surface area contributed by atoms with Crippen molar-refractivity contribution in [2.24, 2.45) is 5.92 Å². The first-order valence-corrected chi connectivity index (χ1v) is 6.77. The molecule has 104 valence electrons. The Hall–Kier alpha value is -1.55. The molecule has 0 aliphatic carbocycles. The SMILES string of the molecule is CNc1ccccc1C(=O)N1CC(C)C(N(C)C)C1. The van der Waals surface area contributed by atoms with Gasteiger partial charge in [-0.3, -0.25) is 4.79 Å². The van der Waals surface area contributed by atoms with E-state index in [9.17, 15) is 4.79 Å². The number of carbonyl (C=O) groups is 1. The van der Waals surface area contributed by atoms with Gasteiger partial charge in [0.2, 0.25) is 0 Å². The number of hydrogen-bond acceptors (Lipinski definition) is 3. The molecule has 1 amide bonds. The zero-order chi connectivity index (χ0) is 14.0. The lowest BCUT2D eigenvalue weighted by atomic mass is 10.1. The minimum absolute atomic E-state index is 0.126. The van der Waals surface area contributed by atoms with Gasteiger partial charge in [0.15, 0.2) is 0 Å². The zero-order valence-corrected chi connectivity index (χ0v) is 12.2. The van der Waals surface area contributed by atoms with E-state index in [1.165, 1.54) is 0 Å². The highest BCUT2D eigenvalue weighted by molar-refractivity contribution is 5.99. The minimum atomic E-state index is 0.126. The summed E-state index contributed by atoms with van der Waals surface area (Å²) in [5.41, 5.74) is 1.66. The van der Waals surface area contributed by atoms with E-state index in [1.54, 1.807) is 0 Å². The molecule has 0 bridgehead atoms. The van der Waals surface area contributed by atoms with Crippen LogP contribution in [-0.2, 0) is 0 Å². The highest BCUT2D eigenvalue weighted by Gasteiger charge is 2.34. The topological polar surface area (TPSA) is 35.6 Å². The number of para-hydroxylation sites is 1. The second-order valence-corrected chi connectivity index (χ2v) is 5.51. The number of likely N-dealkylation sites (tertiary alicyclic amines) is 1. The van der Waals surface area contributed by atoms with E-state index in [0.29, 0.717) is 12.0 Å². The van der Waals surface area contributed by atoms with Crippen LogP contribution in [0.3, 0.4) is 0 Å². The van der Waals surface area contributed by atoms with Crippen LogP contribution in [0.1, 0.15) is 17.3 Å². The monoisotopic (exact) mass is 261 g/mol. The van der Waals surface area contributed by atoms with Crippen LogP contribution in [0.15, 0.2) is 24.3 Å². The molecule has 0 aromatic heterocycles. The molecular formula is C15H23N3O. The summed E-state index contributed by atoms with van der Waals surface area (Å²) < 4.78 is 0. The van der Waals surface area contributed by atoms with Gasteiger partial charge in [0.25, 0.3) is 5.91 Å². The van der Waals surface area contributed by atoms with Crippen molar-refractivity contribution in [1.82, 2.24) is 9.80 Å². The average molecular weight is 261 g/mol. The lowest BCUT2D eigenvalue weighted by Gasteiger charge is -2.22. The Morgan fingerprint density at radius 3 is 2.58 bits per heavy atom. The summed E-state index contributed by atoms with van der Waals surface area (Å²) in [5.74, 6) is 0.641. The maximum Gasteiger partial charge on any atom is 0.256 e. The van der Waals surface area contributed by atoms with E-state index in [-0.39, 0.29) is 5.91 Å². The molecule has 1 heterocycles. The number of anilines is 1. The second-order valence-electron chi connectivity index (χ2n) is 5.51. The number of amides is 1. The molecule has 1 fully saturated rings. The van der Waals surface area contributed by atoms with E-state index >= 15 is 0 Å². The van der Waals surface area contributed by atoms with Gasteiger partial charge in [0.05, 0.1) is 5.56 Å². The van der Waals surface area contributed by atoms with Gasteiger partial charge in [-0.25, -0.2) is 0 Å². The first-order valence-electron chi connectivity index (χ1n) is 6.77. The average Bonchev–Trinajstić information content (AvgIpc) is 2.80. The highest BCUT2D eigenvalue weighted by Crippen LogP contribution is 2.24. The van der Waals surface area contributed by atoms with Crippen LogP contribution < -0.4 is 5.32 Å². The molecule has 1 N–H and O–H groups in total. The van der Waals surface area contributed by atoms with Crippen LogP contribution >= 0.6 is 0 Å². The Kier molecular flexibility index (Phi) is 4.10. The summed E-state index contributed by atoms with van der Waals surface area (Å²) in [6.45, 7) is 3.85. The smallest absolute Gasteiger partial charge is 0.256 e. The third kappa shape index (κ3) is 2.73. The highest BCUT2D eigenvalue weighted by atomic mass is 16.2. The number of nitrogens with one attached hydrogen (secondary N) is 1. The largest absolute Gasteiger partial charge is 0.387 e. The van der Waals surface area contributed by atoms with Gasteiger partial charge in [-0.05, 0) is 32.1 Å². The zero-order valence-electron chi connectivity index (χ0n) is 12.2. The molecule has 0 radical (unpaired) electrons. The lowest BCUT2D eigenvalue weighted by molar-refractivity contribution is 0.0782. The van der Waals surface area contributed by atoms with Gasteiger partial charge >= 0.3 is 0 Å². The van der Waals surface area contributed by atoms with Crippen molar-refractivity contribution < 1.29 is 4.79 Å². The van der Waals surface area contributed by atoms with Gasteiger partial charge < -0.3 is 15.1 Å². The van der Waals surface area contributed by atoms with Crippen molar-refractivity contribution in [2.75, 3.05) is 39.5 Å². The first-order chi connectivity index (χ1) is 9.04. The third-order valence-electron chi connectivity index (χ3n) is 3.95. The van der Waals surface area contributed by atoms with Crippen LogP contribution in [0.2, 0.25) is 0 Å². The van der Waals surface area contributed by atoms with E-state index in [4.69, 9.17) is 0 Å². The van der Waals surface area contributed by atoms with Crippen molar-refractivity contribution in [3.8, 4) is 0 Å². The molecule has 4 heteroatoms. The third-order valence-corrected chi connectivity index (χ3v) is 3.95. The van der Waals surface area contributed by atoms with E-state index in [2.05, 4.69) is 31.2 Å². The van der Waals surface area contributed by atoms with Crippen molar-refractivity contribution in [3.63, 3.8) is 0 Å². The fraction of sp³-hybridized carbons (Fsp3) is 0.533. The standard InChI is InChI=1S/C15H23N3O/c1-11-9-18(10-14(11)17(3)4)15(19)12-7-5-6-8-13(12)16-2/h5-8,11,14,16H,9-10H2,1-4H3. The summed E-state index contributed by atoms with van der Waals surface area (Å²) >= 11 is 0. The molecule has 19 heavy (non-hydrogen) atoms. The van der Waals surface area contributed by atoms with Gasteiger partial charge in [-0.2, -0.15) is 0 Å². The summed E-state index contributed by atoms with van der Waals surface area (Å²) in [5, 5.41) is 3.09. The Bertz CT molecular complexity index is 458. The molecule has 2 atom stereocenters. The van der Waals surface area contributed by atoms with Crippen molar-refractivity contribution in [3.05, 3.63) is 29.8 Å². The normalized spacial score (nSPS) is 22.9. The number of benzene rings is 1. The molecule has 2 unspecified atom stereocenters. The molecule has 0 saturated carbocycles. The van der Waals surface area contributed by atoms with Crippen LogP contribution in [-0.4, -0.2) is 56.0 Å². The number of carbonyl (C=O) groups excluding carboxylic acids is 1.